The minimum atomic E-state index is -4.43. The summed E-state index contributed by atoms with van der Waals surface area (Å²) >= 11 is 0. The van der Waals surface area contributed by atoms with Gasteiger partial charge in [-0.05, 0) is 55.4 Å². The lowest BCUT2D eigenvalue weighted by Crippen LogP contribution is -2.47. The van der Waals surface area contributed by atoms with Gasteiger partial charge in [-0.15, -0.1) is 0 Å². The van der Waals surface area contributed by atoms with Crippen LogP contribution in [0.1, 0.15) is 48.4 Å². The van der Waals surface area contributed by atoms with Crippen molar-refractivity contribution in [2.75, 3.05) is 13.1 Å². The molecular formula is C25H27F3N2O2. The molecule has 4 nitrogen and oxygen atoms in total. The first-order chi connectivity index (χ1) is 15.3. The zero-order chi connectivity index (χ0) is 22.7. The number of halogens is 3. The molecule has 1 heterocycles. The van der Waals surface area contributed by atoms with Crippen LogP contribution in [0.15, 0.2) is 54.6 Å². The molecule has 1 saturated carbocycles. The van der Waals surface area contributed by atoms with Crippen molar-refractivity contribution >= 4 is 11.8 Å². The lowest BCUT2D eigenvalue weighted by Gasteiger charge is -2.40. The monoisotopic (exact) mass is 444 g/mol. The molecule has 1 N–H and O–H groups in total. The highest BCUT2D eigenvalue weighted by molar-refractivity contribution is 5.84. The first-order valence-corrected chi connectivity index (χ1v) is 11.1. The van der Waals surface area contributed by atoms with E-state index in [9.17, 15) is 22.8 Å². The second kappa shape index (κ2) is 9.35. The van der Waals surface area contributed by atoms with Crippen LogP contribution in [0.4, 0.5) is 13.2 Å². The van der Waals surface area contributed by atoms with Gasteiger partial charge in [0.05, 0.1) is 17.5 Å². The lowest BCUT2D eigenvalue weighted by molar-refractivity contribution is -0.140. The van der Waals surface area contributed by atoms with Gasteiger partial charge in [-0.1, -0.05) is 42.5 Å². The third-order valence-corrected chi connectivity index (χ3v) is 6.32. The predicted molar refractivity (Wildman–Crippen MR) is 115 cm³/mol. The largest absolute Gasteiger partial charge is 0.416 e. The molecule has 0 radical (unpaired) electrons. The van der Waals surface area contributed by atoms with Crippen molar-refractivity contribution in [1.29, 1.82) is 0 Å². The summed E-state index contributed by atoms with van der Waals surface area (Å²) in [5.41, 5.74) is 0.901. The Balaban J connectivity index is 1.44. The molecule has 4 rings (SSSR count). The molecule has 0 spiro atoms. The number of carbonyl (C=O) groups excluding carboxylic acids is 2. The summed E-state index contributed by atoms with van der Waals surface area (Å²) < 4.78 is 39.6. The van der Waals surface area contributed by atoms with Gasteiger partial charge in [-0.3, -0.25) is 9.59 Å². The zero-order valence-electron chi connectivity index (χ0n) is 17.8. The van der Waals surface area contributed by atoms with Crippen LogP contribution in [-0.4, -0.2) is 29.8 Å². The normalized spacial score (nSPS) is 21.3. The summed E-state index contributed by atoms with van der Waals surface area (Å²) in [5.74, 6) is -0.565. The molecule has 2 fully saturated rings. The van der Waals surface area contributed by atoms with Gasteiger partial charge in [0.2, 0.25) is 11.8 Å². The van der Waals surface area contributed by atoms with E-state index in [1.807, 2.05) is 30.3 Å². The number of hydrogen-bond acceptors (Lipinski definition) is 2. The Kier molecular flexibility index (Phi) is 6.53. The second-order valence-electron chi connectivity index (χ2n) is 8.70. The molecule has 1 aliphatic heterocycles. The fraction of sp³-hybridized carbons (Fsp3) is 0.440. The Morgan fingerprint density at radius 3 is 2.34 bits per heavy atom. The molecule has 2 amide bonds. The molecule has 32 heavy (non-hydrogen) atoms. The van der Waals surface area contributed by atoms with Crippen LogP contribution in [0.3, 0.4) is 0 Å². The van der Waals surface area contributed by atoms with Gasteiger partial charge in [0.1, 0.15) is 0 Å². The molecule has 7 heteroatoms. The van der Waals surface area contributed by atoms with Gasteiger partial charge in [0.15, 0.2) is 0 Å². The summed E-state index contributed by atoms with van der Waals surface area (Å²) in [5, 5.41) is 2.96. The van der Waals surface area contributed by atoms with Crippen molar-refractivity contribution in [2.24, 2.45) is 11.8 Å². The summed E-state index contributed by atoms with van der Waals surface area (Å²) in [6.07, 6.45) is -1.10. The van der Waals surface area contributed by atoms with Crippen molar-refractivity contribution in [3.05, 3.63) is 71.3 Å². The predicted octanol–water partition coefficient (Wildman–Crippen LogP) is 4.75. The second-order valence-corrected chi connectivity index (χ2v) is 8.70. The quantitative estimate of drug-likeness (QED) is 0.699. The number of carbonyl (C=O) groups is 2. The summed E-state index contributed by atoms with van der Waals surface area (Å²) in [7, 11) is 0. The number of amides is 2. The van der Waals surface area contributed by atoms with E-state index in [0.717, 1.165) is 37.0 Å². The van der Waals surface area contributed by atoms with E-state index >= 15 is 0 Å². The van der Waals surface area contributed by atoms with E-state index in [1.54, 1.807) is 11.0 Å². The standard InChI is InChI=1S/C25H27F3N2O2/c26-25(27,28)21-8-4-7-19(15-21)22-12-11-20(16-30(22)24(32)18-9-10-18)23(31)29-14-13-17-5-2-1-3-6-17/h1-8,15,18,20,22H,9-14,16H2,(H,29,31)/t20-,22-/m1/s1. The van der Waals surface area contributed by atoms with E-state index in [2.05, 4.69) is 5.32 Å². The average molecular weight is 444 g/mol. The highest BCUT2D eigenvalue weighted by Crippen LogP contribution is 2.40. The van der Waals surface area contributed by atoms with Crippen molar-refractivity contribution < 1.29 is 22.8 Å². The Morgan fingerprint density at radius 1 is 0.938 bits per heavy atom. The highest BCUT2D eigenvalue weighted by atomic mass is 19.4. The number of benzene rings is 2. The fourth-order valence-electron chi connectivity index (χ4n) is 4.38. The number of hydrogen-bond donors (Lipinski definition) is 1. The smallest absolute Gasteiger partial charge is 0.355 e. The van der Waals surface area contributed by atoms with Crippen LogP contribution in [-0.2, 0) is 22.2 Å². The third kappa shape index (κ3) is 5.31. The van der Waals surface area contributed by atoms with Crippen LogP contribution in [0, 0.1) is 11.8 Å². The number of rotatable bonds is 6. The molecule has 1 aliphatic carbocycles. The van der Waals surface area contributed by atoms with E-state index in [0.29, 0.717) is 24.9 Å². The maximum atomic E-state index is 13.2. The number of likely N-dealkylation sites (tertiary alicyclic amines) is 1. The van der Waals surface area contributed by atoms with E-state index in [1.165, 1.54) is 6.07 Å². The topological polar surface area (TPSA) is 49.4 Å². The molecule has 1 saturated heterocycles. The summed E-state index contributed by atoms with van der Waals surface area (Å²) in [6.45, 7) is 0.750. The molecule has 0 aromatic heterocycles. The SMILES string of the molecule is O=C(NCCc1ccccc1)[C@@H]1CC[C@H](c2cccc(C(F)(F)F)c2)N(C(=O)C2CC2)C1. The Bertz CT molecular complexity index is 957. The highest BCUT2D eigenvalue weighted by Gasteiger charge is 2.41. The molecule has 2 aromatic carbocycles. The first kappa shape index (κ1) is 22.4. The van der Waals surface area contributed by atoms with Crippen LogP contribution >= 0.6 is 0 Å². The van der Waals surface area contributed by atoms with Gasteiger partial charge >= 0.3 is 6.18 Å². The number of alkyl halides is 3. The van der Waals surface area contributed by atoms with Crippen LogP contribution < -0.4 is 5.32 Å². The van der Waals surface area contributed by atoms with Gasteiger partial charge in [0, 0.05) is 19.0 Å². The van der Waals surface area contributed by atoms with E-state index in [4.69, 9.17) is 0 Å². The minimum Gasteiger partial charge on any atom is -0.355 e. The number of nitrogens with one attached hydrogen (secondary N) is 1. The molecule has 0 unspecified atom stereocenters. The van der Waals surface area contributed by atoms with Gasteiger partial charge in [-0.25, -0.2) is 0 Å². The first-order valence-electron chi connectivity index (χ1n) is 11.1. The van der Waals surface area contributed by atoms with E-state index < -0.39 is 17.8 Å². The molecular weight excluding hydrogens is 417 g/mol. The van der Waals surface area contributed by atoms with Crippen LogP contribution in [0.5, 0.6) is 0 Å². The Labute approximate surface area is 185 Å². The summed E-state index contributed by atoms with van der Waals surface area (Å²) in [6, 6.07) is 14.6. The lowest BCUT2D eigenvalue weighted by atomic mass is 9.87. The van der Waals surface area contributed by atoms with Crippen molar-refractivity contribution in [2.45, 2.75) is 44.3 Å². The molecule has 2 aromatic rings. The molecule has 0 bridgehead atoms. The molecule has 2 aliphatic rings. The van der Waals surface area contributed by atoms with Crippen molar-refractivity contribution in [1.82, 2.24) is 10.2 Å². The minimum absolute atomic E-state index is 0.0470. The van der Waals surface area contributed by atoms with Crippen molar-refractivity contribution in [3.63, 3.8) is 0 Å². The maximum absolute atomic E-state index is 13.2. The van der Waals surface area contributed by atoms with Gasteiger partial charge < -0.3 is 10.2 Å². The Morgan fingerprint density at radius 2 is 1.66 bits per heavy atom. The van der Waals surface area contributed by atoms with Crippen molar-refractivity contribution in [3.8, 4) is 0 Å². The van der Waals surface area contributed by atoms with Crippen LogP contribution in [0.25, 0.3) is 0 Å². The van der Waals surface area contributed by atoms with E-state index in [-0.39, 0.29) is 30.2 Å². The molecule has 2 atom stereocenters. The van der Waals surface area contributed by atoms with Gasteiger partial charge in [-0.2, -0.15) is 13.2 Å². The zero-order valence-corrected chi connectivity index (χ0v) is 17.8. The fourth-order valence-corrected chi connectivity index (χ4v) is 4.38. The number of nitrogens with zero attached hydrogens (tertiary/aromatic N) is 1. The molecule has 170 valence electrons. The summed E-state index contributed by atoms with van der Waals surface area (Å²) in [4.78, 5) is 27.4. The Hall–Kier alpha value is -2.83. The maximum Gasteiger partial charge on any atom is 0.416 e. The number of piperidine rings is 1. The third-order valence-electron chi connectivity index (χ3n) is 6.32. The van der Waals surface area contributed by atoms with Gasteiger partial charge in [0.25, 0.3) is 0 Å². The average Bonchev–Trinajstić information content (AvgIpc) is 3.64. The van der Waals surface area contributed by atoms with Crippen LogP contribution in [0.2, 0.25) is 0 Å².